The second kappa shape index (κ2) is 10.0. The molecule has 1 fully saturated rings. The first kappa shape index (κ1) is 22.8. The maximum Gasteiger partial charge on any atom is 0.335 e. The Labute approximate surface area is 199 Å². The lowest BCUT2D eigenvalue weighted by atomic mass is 10.1. The summed E-state index contributed by atoms with van der Waals surface area (Å²) in [6.45, 7) is -0.235. The molecule has 1 aliphatic rings. The van der Waals surface area contributed by atoms with Crippen LogP contribution in [0, 0.1) is 0 Å². The molecule has 0 spiro atoms. The number of benzene rings is 3. The van der Waals surface area contributed by atoms with Gasteiger partial charge in [0.05, 0.1) is 16.4 Å². The third kappa shape index (κ3) is 5.13. The van der Waals surface area contributed by atoms with E-state index in [9.17, 15) is 19.2 Å². The molecule has 0 aliphatic carbocycles. The van der Waals surface area contributed by atoms with Crippen LogP contribution in [-0.4, -0.2) is 30.4 Å². The van der Waals surface area contributed by atoms with Gasteiger partial charge in [-0.25, -0.2) is 9.69 Å². The monoisotopic (exact) mass is 475 g/mol. The van der Waals surface area contributed by atoms with Gasteiger partial charge in [0.15, 0.2) is 6.61 Å². The van der Waals surface area contributed by atoms with E-state index in [1.165, 1.54) is 6.08 Å². The SMILES string of the molecule is O=C(COc1ccc(/C=C2/C(=O)NC(=O)N(c3ccccc3)C2=O)cc1)Nc1ccccc1Cl. The van der Waals surface area contributed by atoms with E-state index in [1.54, 1.807) is 78.9 Å². The minimum Gasteiger partial charge on any atom is -0.484 e. The summed E-state index contributed by atoms with van der Waals surface area (Å²) in [7, 11) is 0. The third-order valence-corrected chi connectivity index (χ3v) is 5.15. The number of nitrogens with one attached hydrogen (secondary N) is 2. The zero-order chi connectivity index (χ0) is 24.1. The summed E-state index contributed by atoms with van der Waals surface area (Å²) in [5.41, 5.74) is 1.19. The van der Waals surface area contributed by atoms with Crippen molar-refractivity contribution >= 4 is 52.8 Å². The first-order valence-electron chi connectivity index (χ1n) is 10.2. The van der Waals surface area contributed by atoms with Crippen LogP contribution in [0.2, 0.25) is 5.02 Å². The Morgan fingerprint density at radius 2 is 1.62 bits per heavy atom. The number of urea groups is 1. The number of nitrogens with zero attached hydrogens (tertiary/aromatic N) is 1. The van der Waals surface area contributed by atoms with Crippen molar-refractivity contribution in [1.82, 2.24) is 5.32 Å². The van der Waals surface area contributed by atoms with Gasteiger partial charge in [0.25, 0.3) is 17.7 Å². The number of ether oxygens (including phenoxy) is 1. The molecule has 0 atom stereocenters. The van der Waals surface area contributed by atoms with Crippen LogP contribution >= 0.6 is 11.6 Å². The van der Waals surface area contributed by atoms with Gasteiger partial charge in [-0.1, -0.05) is 54.1 Å². The van der Waals surface area contributed by atoms with Crippen LogP contribution in [0.1, 0.15) is 5.56 Å². The number of imide groups is 2. The fourth-order valence-corrected chi connectivity index (χ4v) is 3.38. The Hall–Kier alpha value is -4.43. The maximum atomic E-state index is 12.9. The minimum absolute atomic E-state index is 0.184. The molecule has 5 amide bonds. The Bertz CT molecular complexity index is 1290. The molecule has 0 unspecified atom stereocenters. The van der Waals surface area contributed by atoms with E-state index in [0.29, 0.717) is 27.7 Å². The van der Waals surface area contributed by atoms with Gasteiger partial charge in [-0.15, -0.1) is 0 Å². The number of barbiturate groups is 1. The molecule has 170 valence electrons. The second-order valence-electron chi connectivity index (χ2n) is 7.18. The number of amides is 5. The van der Waals surface area contributed by atoms with Crippen LogP contribution in [0.5, 0.6) is 5.75 Å². The predicted octanol–water partition coefficient (Wildman–Crippen LogP) is 4.02. The molecule has 1 aliphatic heterocycles. The van der Waals surface area contributed by atoms with Gasteiger partial charge < -0.3 is 10.1 Å². The lowest BCUT2D eigenvalue weighted by molar-refractivity contribution is -0.122. The topological polar surface area (TPSA) is 105 Å². The summed E-state index contributed by atoms with van der Waals surface area (Å²) in [5, 5.41) is 5.25. The van der Waals surface area contributed by atoms with Crippen LogP contribution in [0.25, 0.3) is 6.08 Å². The molecule has 0 saturated carbocycles. The quantitative estimate of drug-likeness (QED) is 0.414. The molecule has 1 saturated heterocycles. The van der Waals surface area contributed by atoms with Crippen molar-refractivity contribution in [2.24, 2.45) is 0 Å². The van der Waals surface area contributed by atoms with Crippen LogP contribution in [0.4, 0.5) is 16.2 Å². The summed E-state index contributed by atoms with van der Waals surface area (Å²) in [4.78, 5) is 50.4. The minimum atomic E-state index is -0.808. The van der Waals surface area contributed by atoms with Crippen LogP contribution in [0.3, 0.4) is 0 Å². The maximum absolute atomic E-state index is 12.9. The fourth-order valence-electron chi connectivity index (χ4n) is 3.19. The van der Waals surface area contributed by atoms with Gasteiger partial charge in [-0.3, -0.25) is 19.7 Å². The van der Waals surface area contributed by atoms with Crippen LogP contribution in [-0.2, 0) is 14.4 Å². The molecule has 34 heavy (non-hydrogen) atoms. The first-order valence-corrected chi connectivity index (χ1v) is 10.5. The van der Waals surface area contributed by atoms with Crippen molar-refractivity contribution in [1.29, 1.82) is 0 Å². The number of hydrogen-bond donors (Lipinski definition) is 2. The van der Waals surface area contributed by atoms with Gasteiger partial charge >= 0.3 is 6.03 Å². The Morgan fingerprint density at radius 1 is 0.941 bits per heavy atom. The molecule has 4 rings (SSSR count). The lowest BCUT2D eigenvalue weighted by Gasteiger charge is -2.26. The molecule has 9 heteroatoms. The zero-order valence-electron chi connectivity index (χ0n) is 17.7. The normalized spacial score (nSPS) is 14.7. The average molecular weight is 476 g/mol. The molecule has 3 aromatic carbocycles. The molecule has 0 aromatic heterocycles. The van der Waals surface area contributed by atoms with Gasteiger partial charge in [0.2, 0.25) is 0 Å². The smallest absolute Gasteiger partial charge is 0.335 e. The highest BCUT2D eigenvalue weighted by atomic mass is 35.5. The second-order valence-corrected chi connectivity index (χ2v) is 7.59. The summed E-state index contributed by atoms with van der Waals surface area (Å²) in [6, 6.07) is 20.8. The van der Waals surface area contributed by atoms with Crippen molar-refractivity contribution in [3.63, 3.8) is 0 Å². The fraction of sp³-hybridized carbons (Fsp3) is 0.0400. The highest BCUT2D eigenvalue weighted by Gasteiger charge is 2.36. The Kier molecular flexibility index (Phi) is 6.70. The highest BCUT2D eigenvalue weighted by Crippen LogP contribution is 2.23. The van der Waals surface area contributed by atoms with Gasteiger partial charge in [-0.2, -0.15) is 0 Å². The molecular weight excluding hydrogens is 458 g/mol. The molecule has 8 nitrogen and oxygen atoms in total. The van der Waals surface area contributed by atoms with E-state index in [1.807, 2.05) is 0 Å². The number of halogens is 1. The summed E-state index contributed by atoms with van der Waals surface area (Å²) in [5.74, 6) is -1.47. The van der Waals surface area contributed by atoms with Crippen molar-refractivity contribution in [3.05, 3.63) is 95.0 Å². The number of para-hydroxylation sites is 2. The highest BCUT2D eigenvalue weighted by molar-refractivity contribution is 6.39. The number of carbonyl (C=O) groups is 4. The van der Waals surface area contributed by atoms with Gasteiger partial charge in [-0.05, 0) is 48.0 Å². The van der Waals surface area contributed by atoms with E-state index >= 15 is 0 Å². The number of hydrogen-bond acceptors (Lipinski definition) is 5. The van der Waals surface area contributed by atoms with E-state index < -0.39 is 17.8 Å². The molecule has 3 aromatic rings. The standard InChI is InChI=1S/C25H18ClN3O5/c26-20-8-4-5-9-21(20)27-22(30)15-34-18-12-10-16(11-13-18)14-19-23(31)28-25(33)29(24(19)32)17-6-2-1-3-7-17/h1-14H,15H2,(H,27,30)(H,28,31,33)/b19-14-. The summed E-state index contributed by atoms with van der Waals surface area (Å²) in [6.07, 6.45) is 1.38. The van der Waals surface area contributed by atoms with E-state index in [2.05, 4.69) is 10.6 Å². The third-order valence-electron chi connectivity index (χ3n) is 4.83. The van der Waals surface area contributed by atoms with Crippen molar-refractivity contribution in [2.45, 2.75) is 0 Å². The Morgan fingerprint density at radius 3 is 2.32 bits per heavy atom. The summed E-state index contributed by atoms with van der Waals surface area (Å²) < 4.78 is 5.48. The number of rotatable bonds is 6. The predicted molar refractivity (Wildman–Crippen MR) is 127 cm³/mol. The molecule has 0 bridgehead atoms. The van der Waals surface area contributed by atoms with Crippen LogP contribution in [0.15, 0.2) is 84.4 Å². The van der Waals surface area contributed by atoms with Crippen molar-refractivity contribution in [3.8, 4) is 5.75 Å². The lowest BCUT2D eigenvalue weighted by Crippen LogP contribution is -2.54. The zero-order valence-corrected chi connectivity index (χ0v) is 18.4. The summed E-state index contributed by atoms with van der Waals surface area (Å²) >= 11 is 6.02. The van der Waals surface area contributed by atoms with Gasteiger partial charge in [0, 0.05) is 0 Å². The number of carbonyl (C=O) groups excluding carboxylic acids is 4. The first-order chi connectivity index (χ1) is 16.4. The van der Waals surface area contributed by atoms with Gasteiger partial charge in [0.1, 0.15) is 11.3 Å². The molecule has 1 heterocycles. The Balaban J connectivity index is 1.43. The largest absolute Gasteiger partial charge is 0.484 e. The molecule has 0 radical (unpaired) electrons. The number of anilines is 2. The van der Waals surface area contributed by atoms with Crippen LogP contribution < -0.4 is 20.3 Å². The van der Waals surface area contributed by atoms with Crippen molar-refractivity contribution < 1.29 is 23.9 Å². The molecular formula is C25H18ClN3O5. The van der Waals surface area contributed by atoms with E-state index in [0.717, 1.165) is 4.90 Å². The van der Waals surface area contributed by atoms with Crippen molar-refractivity contribution in [2.75, 3.05) is 16.8 Å². The average Bonchev–Trinajstić information content (AvgIpc) is 2.83. The van der Waals surface area contributed by atoms with E-state index in [4.69, 9.17) is 16.3 Å². The molecule has 2 N–H and O–H groups in total. The van der Waals surface area contributed by atoms with E-state index in [-0.39, 0.29) is 18.1 Å².